The lowest BCUT2D eigenvalue weighted by Gasteiger charge is -2.44. The Balaban J connectivity index is 1.73. The maximum absolute atomic E-state index is 12.6. The summed E-state index contributed by atoms with van der Waals surface area (Å²) in [6, 6.07) is 3.60. The van der Waals surface area contributed by atoms with Gasteiger partial charge in [0.15, 0.2) is 10.9 Å². The number of nitrogens with zero attached hydrogens (tertiary/aromatic N) is 1. The van der Waals surface area contributed by atoms with E-state index in [-0.39, 0.29) is 5.78 Å². The molecule has 0 aromatic heterocycles. The second-order valence-electron chi connectivity index (χ2n) is 6.44. The zero-order chi connectivity index (χ0) is 17.3. The first kappa shape index (κ1) is 17.2. The van der Waals surface area contributed by atoms with Crippen molar-refractivity contribution in [3.05, 3.63) is 40.9 Å². The lowest BCUT2D eigenvalue weighted by atomic mass is 9.82. The molecule has 0 bridgehead atoms. The molecule has 1 aromatic carbocycles. The fourth-order valence-corrected chi connectivity index (χ4v) is 3.71. The van der Waals surface area contributed by atoms with Gasteiger partial charge in [-0.2, -0.15) is 0 Å². The minimum atomic E-state index is -0.422. The molecule has 128 valence electrons. The van der Waals surface area contributed by atoms with E-state index >= 15 is 0 Å². The Labute approximate surface area is 152 Å². The van der Waals surface area contributed by atoms with E-state index in [1.165, 1.54) is 0 Å². The topological polar surface area (TPSA) is 41.6 Å². The van der Waals surface area contributed by atoms with Gasteiger partial charge >= 0.3 is 0 Å². The van der Waals surface area contributed by atoms with E-state index in [4.69, 9.17) is 28.6 Å². The number of hydrogen-bond donors (Lipinski definition) is 1. The van der Waals surface area contributed by atoms with E-state index < -0.39 is 5.60 Å². The van der Waals surface area contributed by atoms with Crippen LogP contribution in [-0.4, -0.2) is 41.0 Å². The minimum Gasteiger partial charge on any atom is -0.486 e. The molecule has 0 radical (unpaired) electrons. The maximum atomic E-state index is 12.6. The first-order chi connectivity index (χ1) is 11.4. The molecule has 6 heteroatoms. The summed E-state index contributed by atoms with van der Waals surface area (Å²) in [6.07, 6.45) is 3.73. The molecule has 2 aliphatic heterocycles. The lowest BCUT2D eigenvalue weighted by Crippen LogP contribution is -2.54. The van der Waals surface area contributed by atoms with Crippen molar-refractivity contribution in [2.75, 3.05) is 19.6 Å². The van der Waals surface area contributed by atoms with Crippen LogP contribution in [0, 0.1) is 6.92 Å². The van der Waals surface area contributed by atoms with Crippen LogP contribution >= 0.6 is 23.8 Å². The van der Waals surface area contributed by atoms with Crippen LogP contribution in [0.3, 0.4) is 0 Å². The largest absolute Gasteiger partial charge is 0.486 e. The van der Waals surface area contributed by atoms with Gasteiger partial charge in [0.2, 0.25) is 0 Å². The second-order valence-corrected chi connectivity index (χ2v) is 7.24. The molecular formula is C18H21ClN2O2S. The first-order valence-corrected chi connectivity index (χ1v) is 8.89. The number of nitrogens with one attached hydrogen (secondary N) is 1. The van der Waals surface area contributed by atoms with E-state index in [1.807, 2.05) is 13.0 Å². The van der Waals surface area contributed by atoms with Crippen molar-refractivity contribution < 1.29 is 9.53 Å². The van der Waals surface area contributed by atoms with E-state index in [2.05, 4.69) is 16.8 Å². The van der Waals surface area contributed by atoms with Crippen LogP contribution in [0.2, 0.25) is 5.02 Å². The summed E-state index contributed by atoms with van der Waals surface area (Å²) >= 11 is 11.5. The number of piperidine rings is 1. The Morgan fingerprint density at radius 3 is 2.88 bits per heavy atom. The molecular weight excluding hydrogens is 344 g/mol. The van der Waals surface area contributed by atoms with Crippen LogP contribution in [0.4, 0.5) is 0 Å². The number of hydrogen-bond acceptors (Lipinski definition) is 3. The molecule has 1 saturated heterocycles. The van der Waals surface area contributed by atoms with Crippen LogP contribution in [0.15, 0.2) is 24.8 Å². The predicted octanol–water partition coefficient (Wildman–Crippen LogP) is 3.51. The van der Waals surface area contributed by atoms with Gasteiger partial charge < -0.3 is 15.0 Å². The molecule has 0 atom stereocenters. The average Bonchev–Trinajstić information content (AvgIpc) is 2.55. The highest BCUT2D eigenvalue weighted by molar-refractivity contribution is 7.80. The number of halogens is 1. The summed E-state index contributed by atoms with van der Waals surface area (Å²) in [5.74, 6) is 0.771. The quantitative estimate of drug-likeness (QED) is 0.642. The third kappa shape index (κ3) is 3.28. The number of thiocarbonyl (C=S) groups is 1. The lowest BCUT2D eigenvalue weighted by molar-refractivity contribution is 0.00360. The number of ketones is 1. The number of likely N-dealkylation sites (tertiary alicyclic amines) is 1. The van der Waals surface area contributed by atoms with Crippen LogP contribution in [0.25, 0.3) is 0 Å². The second kappa shape index (κ2) is 6.73. The summed E-state index contributed by atoms with van der Waals surface area (Å²) in [7, 11) is 0. The number of benzene rings is 1. The summed E-state index contributed by atoms with van der Waals surface area (Å²) in [5, 5.41) is 4.49. The highest BCUT2D eigenvalue weighted by Crippen LogP contribution is 2.41. The molecule has 0 saturated carbocycles. The van der Waals surface area contributed by atoms with Crippen molar-refractivity contribution in [1.29, 1.82) is 0 Å². The number of fused-ring (bicyclic) bond motifs is 1. The van der Waals surface area contributed by atoms with Gasteiger partial charge in [-0.1, -0.05) is 17.7 Å². The minimum absolute atomic E-state index is 0.110. The molecule has 0 amide bonds. The third-order valence-electron chi connectivity index (χ3n) is 4.73. The Kier molecular flexibility index (Phi) is 4.83. The number of ether oxygens (including phenoxy) is 1. The number of aryl methyl sites for hydroxylation is 1. The van der Waals surface area contributed by atoms with Crippen molar-refractivity contribution >= 4 is 34.7 Å². The average molecular weight is 365 g/mol. The molecule has 2 heterocycles. The van der Waals surface area contributed by atoms with Gasteiger partial charge in [0, 0.05) is 37.5 Å². The fourth-order valence-electron chi connectivity index (χ4n) is 3.28. The molecule has 1 fully saturated rings. The van der Waals surface area contributed by atoms with E-state index in [0.717, 1.165) is 36.6 Å². The van der Waals surface area contributed by atoms with Crippen LogP contribution in [-0.2, 0) is 0 Å². The zero-order valence-electron chi connectivity index (χ0n) is 13.7. The summed E-state index contributed by atoms with van der Waals surface area (Å²) in [6.45, 7) is 7.81. The van der Waals surface area contributed by atoms with Gasteiger partial charge in [-0.3, -0.25) is 4.79 Å². The Morgan fingerprint density at radius 1 is 1.50 bits per heavy atom. The highest BCUT2D eigenvalue weighted by Gasteiger charge is 2.43. The summed E-state index contributed by atoms with van der Waals surface area (Å²) in [5.41, 5.74) is 1.10. The molecule has 2 aliphatic rings. The highest BCUT2D eigenvalue weighted by atomic mass is 35.5. The molecule has 3 rings (SSSR count). The number of rotatable bonds is 2. The van der Waals surface area contributed by atoms with Gasteiger partial charge in [0.25, 0.3) is 0 Å². The zero-order valence-corrected chi connectivity index (χ0v) is 15.3. The SMILES string of the molecule is C=CCNC(=S)N1CCC2(CC1)CC(=O)c1cc(Cl)c(C)cc1O2. The predicted molar refractivity (Wildman–Crippen MR) is 100 cm³/mol. The number of Topliss-reactive ketones (excluding diaryl/α,β-unsaturated/α-hetero) is 1. The summed E-state index contributed by atoms with van der Waals surface area (Å²) < 4.78 is 6.29. The summed E-state index contributed by atoms with van der Waals surface area (Å²) in [4.78, 5) is 14.7. The maximum Gasteiger partial charge on any atom is 0.170 e. The Morgan fingerprint density at radius 2 is 2.21 bits per heavy atom. The Hall–Kier alpha value is -1.59. The van der Waals surface area contributed by atoms with E-state index in [0.29, 0.717) is 29.3 Å². The molecule has 24 heavy (non-hydrogen) atoms. The fraction of sp³-hybridized carbons (Fsp3) is 0.444. The molecule has 4 nitrogen and oxygen atoms in total. The molecule has 0 unspecified atom stereocenters. The van der Waals surface area contributed by atoms with Gasteiger partial charge in [0.05, 0.1) is 12.0 Å². The molecule has 1 N–H and O–H groups in total. The standard InChI is InChI=1S/C18H21ClN2O2S/c1-3-6-20-17(24)21-7-4-18(5-8-21)11-15(22)13-10-14(19)12(2)9-16(13)23-18/h3,9-10H,1,4-8,11H2,2H3,(H,20,24). The van der Waals surface area contributed by atoms with E-state index in [1.54, 1.807) is 12.1 Å². The third-order valence-corrected chi connectivity index (χ3v) is 5.54. The van der Waals surface area contributed by atoms with Crippen molar-refractivity contribution in [3.63, 3.8) is 0 Å². The molecule has 1 aromatic rings. The smallest absolute Gasteiger partial charge is 0.170 e. The monoisotopic (exact) mass is 364 g/mol. The van der Waals surface area contributed by atoms with Gasteiger partial charge in [-0.05, 0) is 36.8 Å². The van der Waals surface area contributed by atoms with Crippen LogP contribution < -0.4 is 10.1 Å². The van der Waals surface area contributed by atoms with E-state index in [9.17, 15) is 4.79 Å². The Bertz CT molecular complexity index is 697. The molecule has 0 aliphatic carbocycles. The van der Waals surface area contributed by atoms with Crippen LogP contribution in [0.5, 0.6) is 5.75 Å². The van der Waals surface area contributed by atoms with Crippen molar-refractivity contribution in [2.45, 2.75) is 31.8 Å². The van der Waals surface area contributed by atoms with Gasteiger partial charge in [-0.25, -0.2) is 0 Å². The number of carbonyl (C=O) groups is 1. The number of carbonyl (C=O) groups excluding carboxylic acids is 1. The van der Waals surface area contributed by atoms with Crippen molar-refractivity contribution in [2.24, 2.45) is 0 Å². The van der Waals surface area contributed by atoms with Crippen LogP contribution in [0.1, 0.15) is 35.2 Å². The molecule has 1 spiro atoms. The van der Waals surface area contributed by atoms with Crippen molar-refractivity contribution in [3.8, 4) is 5.75 Å². The first-order valence-electron chi connectivity index (χ1n) is 8.10. The van der Waals surface area contributed by atoms with Gasteiger partial charge in [0.1, 0.15) is 11.4 Å². The normalized spacial score (nSPS) is 18.8. The van der Waals surface area contributed by atoms with Gasteiger partial charge in [-0.15, -0.1) is 6.58 Å². The van der Waals surface area contributed by atoms with Crippen molar-refractivity contribution in [1.82, 2.24) is 10.2 Å².